The summed E-state index contributed by atoms with van der Waals surface area (Å²) in [6.07, 6.45) is 1.88. The molecule has 0 fully saturated rings. The number of benzene rings is 2. The van der Waals surface area contributed by atoms with E-state index in [-0.39, 0.29) is 5.43 Å². The first kappa shape index (κ1) is 9.16. The van der Waals surface area contributed by atoms with Gasteiger partial charge in [0.1, 0.15) is 0 Å². The number of hydrogen-bond donors (Lipinski definition) is 1. The standard InChI is InChI=1S/C14H11NO/c1-9-7-8-15-14-11(9)6-5-10-3-2-4-12(16)13(10)14/h2-8,15H,1H3. The van der Waals surface area contributed by atoms with E-state index in [9.17, 15) is 4.79 Å². The molecule has 0 spiro atoms. The van der Waals surface area contributed by atoms with Crippen molar-refractivity contribution in [3.63, 3.8) is 0 Å². The van der Waals surface area contributed by atoms with Gasteiger partial charge < -0.3 is 4.98 Å². The van der Waals surface area contributed by atoms with Crippen molar-refractivity contribution in [1.82, 2.24) is 4.98 Å². The highest BCUT2D eigenvalue weighted by Gasteiger charge is 2.04. The fourth-order valence-corrected chi connectivity index (χ4v) is 2.16. The molecule has 1 N–H and O–H groups in total. The van der Waals surface area contributed by atoms with Gasteiger partial charge in [-0.05, 0) is 30.0 Å². The number of aromatic nitrogens is 1. The maximum atomic E-state index is 11.9. The van der Waals surface area contributed by atoms with Gasteiger partial charge in [0.25, 0.3) is 0 Å². The summed E-state index contributed by atoms with van der Waals surface area (Å²) in [6, 6.07) is 11.4. The Morgan fingerprint density at radius 1 is 1.06 bits per heavy atom. The van der Waals surface area contributed by atoms with Gasteiger partial charge >= 0.3 is 0 Å². The molecule has 3 aromatic rings. The molecular formula is C14H11NO. The van der Waals surface area contributed by atoms with E-state index in [1.165, 1.54) is 5.56 Å². The molecule has 1 heterocycles. The molecule has 0 saturated heterocycles. The van der Waals surface area contributed by atoms with Crippen molar-refractivity contribution in [3.8, 4) is 0 Å². The fourth-order valence-electron chi connectivity index (χ4n) is 2.16. The molecular weight excluding hydrogens is 198 g/mol. The lowest BCUT2D eigenvalue weighted by Gasteiger charge is -2.05. The van der Waals surface area contributed by atoms with Gasteiger partial charge in [-0.1, -0.05) is 24.3 Å². The monoisotopic (exact) mass is 209 g/mol. The highest BCUT2D eigenvalue weighted by atomic mass is 16.1. The van der Waals surface area contributed by atoms with Crippen LogP contribution >= 0.6 is 0 Å². The van der Waals surface area contributed by atoms with Gasteiger partial charge in [-0.3, -0.25) is 4.79 Å². The SMILES string of the molecule is Cc1cc[nH]c2c1ccc1cccc(=O)c12. The minimum atomic E-state index is 0.0740. The first-order chi connectivity index (χ1) is 7.77. The number of hydrogen-bond acceptors (Lipinski definition) is 1. The molecule has 0 atom stereocenters. The van der Waals surface area contributed by atoms with Gasteiger partial charge in [0.05, 0.1) is 10.9 Å². The predicted molar refractivity (Wildman–Crippen MR) is 66.8 cm³/mol. The van der Waals surface area contributed by atoms with Crippen LogP contribution in [0.2, 0.25) is 0 Å². The predicted octanol–water partition coefficient (Wildman–Crippen LogP) is 2.99. The molecule has 0 saturated carbocycles. The minimum absolute atomic E-state index is 0.0740. The quantitative estimate of drug-likeness (QED) is 0.567. The molecule has 1 aromatic heterocycles. The lowest BCUT2D eigenvalue weighted by Crippen LogP contribution is -2.00. The van der Waals surface area contributed by atoms with Gasteiger partial charge in [0, 0.05) is 11.6 Å². The van der Waals surface area contributed by atoms with Crippen molar-refractivity contribution in [2.24, 2.45) is 0 Å². The smallest absolute Gasteiger partial charge is 0.188 e. The third-order valence-corrected chi connectivity index (χ3v) is 2.99. The van der Waals surface area contributed by atoms with Gasteiger partial charge in [0.2, 0.25) is 0 Å². The van der Waals surface area contributed by atoms with Crippen molar-refractivity contribution in [2.75, 3.05) is 0 Å². The van der Waals surface area contributed by atoms with E-state index in [4.69, 9.17) is 0 Å². The summed E-state index contributed by atoms with van der Waals surface area (Å²) < 4.78 is 0. The van der Waals surface area contributed by atoms with Crippen molar-refractivity contribution >= 4 is 21.7 Å². The first-order valence-corrected chi connectivity index (χ1v) is 5.27. The minimum Gasteiger partial charge on any atom is -0.361 e. The average molecular weight is 209 g/mol. The van der Waals surface area contributed by atoms with Crippen LogP contribution in [0.1, 0.15) is 5.56 Å². The second-order valence-electron chi connectivity index (χ2n) is 4.00. The van der Waals surface area contributed by atoms with Crippen LogP contribution in [0.25, 0.3) is 21.7 Å². The first-order valence-electron chi connectivity index (χ1n) is 5.27. The summed E-state index contributed by atoms with van der Waals surface area (Å²) in [5.41, 5.74) is 2.19. The second-order valence-corrected chi connectivity index (χ2v) is 4.00. The number of aromatic amines is 1. The summed E-state index contributed by atoms with van der Waals surface area (Å²) in [4.78, 5) is 15.1. The zero-order valence-corrected chi connectivity index (χ0v) is 8.95. The lowest BCUT2D eigenvalue weighted by molar-refractivity contribution is 1.38. The van der Waals surface area contributed by atoms with Crippen LogP contribution in [0.5, 0.6) is 0 Å². The summed E-state index contributed by atoms with van der Waals surface area (Å²) in [7, 11) is 0. The Morgan fingerprint density at radius 2 is 1.94 bits per heavy atom. The average Bonchev–Trinajstić information content (AvgIpc) is 2.29. The number of pyridine rings is 1. The topological polar surface area (TPSA) is 32.9 Å². The van der Waals surface area contributed by atoms with E-state index >= 15 is 0 Å². The Kier molecular flexibility index (Phi) is 1.83. The summed E-state index contributed by atoms with van der Waals surface area (Å²) >= 11 is 0. The molecule has 0 aliphatic heterocycles. The van der Waals surface area contributed by atoms with Crippen LogP contribution in [0.3, 0.4) is 0 Å². The summed E-state index contributed by atoms with van der Waals surface area (Å²) in [5, 5.41) is 2.88. The summed E-state index contributed by atoms with van der Waals surface area (Å²) in [6.45, 7) is 2.05. The van der Waals surface area contributed by atoms with E-state index in [0.29, 0.717) is 0 Å². The normalized spacial score (nSPS) is 11.1. The number of fused-ring (bicyclic) bond motifs is 3. The molecule has 2 aromatic carbocycles. The molecule has 2 nitrogen and oxygen atoms in total. The van der Waals surface area contributed by atoms with Crippen LogP contribution in [0, 0.1) is 6.92 Å². The molecule has 0 unspecified atom stereocenters. The van der Waals surface area contributed by atoms with E-state index in [1.807, 2.05) is 24.4 Å². The third kappa shape index (κ3) is 1.16. The van der Waals surface area contributed by atoms with E-state index in [0.717, 1.165) is 21.7 Å². The summed E-state index contributed by atoms with van der Waals surface area (Å²) in [5.74, 6) is 0. The van der Waals surface area contributed by atoms with Crippen molar-refractivity contribution in [3.05, 3.63) is 58.4 Å². The highest BCUT2D eigenvalue weighted by Crippen LogP contribution is 2.22. The van der Waals surface area contributed by atoms with Gasteiger partial charge in [-0.15, -0.1) is 0 Å². The number of H-pyrrole nitrogens is 1. The second kappa shape index (κ2) is 3.20. The molecule has 3 rings (SSSR count). The molecule has 2 heteroatoms. The van der Waals surface area contributed by atoms with Gasteiger partial charge in [0.15, 0.2) is 5.43 Å². The van der Waals surface area contributed by atoms with Crippen LogP contribution in [0.4, 0.5) is 0 Å². The number of aryl methyl sites for hydroxylation is 1. The largest absolute Gasteiger partial charge is 0.361 e. The maximum Gasteiger partial charge on any atom is 0.188 e. The molecule has 16 heavy (non-hydrogen) atoms. The van der Waals surface area contributed by atoms with E-state index in [1.54, 1.807) is 12.1 Å². The Morgan fingerprint density at radius 3 is 2.81 bits per heavy atom. The van der Waals surface area contributed by atoms with Crippen molar-refractivity contribution in [1.29, 1.82) is 0 Å². The van der Waals surface area contributed by atoms with Crippen molar-refractivity contribution < 1.29 is 0 Å². The Hall–Kier alpha value is -2.09. The Labute approximate surface area is 92.5 Å². The zero-order chi connectivity index (χ0) is 11.1. The number of nitrogens with one attached hydrogen (secondary N) is 1. The van der Waals surface area contributed by atoms with Crippen molar-refractivity contribution in [2.45, 2.75) is 6.92 Å². The van der Waals surface area contributed by atoms with Gasteiger partial charge in [-0.2, -0.15) is 0 Å². The van der Waals surface area contributed by atoms with E-state index in [2.05, 4.69) is 18.0 Å². The number of rotatable bonds is 0. The molecule has 78 valence electrons. The molecule has 0 amide bonds. The van der Waals surface area contributed by atoms with Crippen LogP contribution < -0.4 is 5.43 Å². The fraction of sp³-hybridized carbons (Fsp3) is 0.0714. The molecule has 0 bridgehead atoms. The lowest BCUT2D eigenvalue weighted by atomic mass is 10.0. The Bertz CT molecular complexity index is 740. The zero-order valence-electron chi connectivity index (χ0n) is 8.95. The molecule has 0 radical (unpaired) electrons. The highest BCUT2D eigenvalue weighted by molar-refractivity contribution is 6.05. The molecule has 0 aliphatic carbocycles. The van der Waals surface area contributed by atoms with E-state index < -0.39 is 0 Å². The van der Waals surface area contributed by atoms with Gasteiger partial charge in [-0.25, -0.2) is 0 Å². The Balaban J connectivity index is 2.69. The third-order valence-electron chi connectivity index (χ3n) is 2.99. The molecule has 0 aliphatic rings. The van der Waals surface area contributed by atoms with Crippen LogP contribution in [-0.4, -0.2) is 4.98 Å². The van der Waals surface area contributed by atoms with Crippen LogP contribution in [0.15, 0.2) is 47.4 Å². The van der Waals surface area contributed by atoms with Crippen LogP contribution in [-0.2, 0) is 0 Å². The maximum absolute atomic E-state index is 11.9.